The van der Waals surface area contributed by atoms with Crippen molar-refractivity contribution in [1.82, 2.24) is 0 Å². The Morgan fingerprint density at radius 1 is 0.481 bits per heavy atom. The first-order valence-corrected chi connectivity index (χ1v) is 16.7. The van der Waals surface area contributed by atoms with Gasteiger partial charge in [-0.1, -0.05) is 12.1 Å². The molecule has 2 unspecified atom stereocenters. The number of hydrogen-bond donors (Lipinski definition) is 0. The molecular weight excluding hydrogens is 668 g/mol. The van der Waals surface area contributed by atoms with Gasteiger partial charge in [0.05, 0.1) is 27.4 Å². The number of carbonyl (C=O) groups is 7. The zero-order valence-corrected chi connectivity index (χ0v) is 28.5. The minimum atomic E-state index is -1.49. The Bertz CT molecular complexity index is 1950. The van der Waals surface area contributed by atoms with Crippen molar-refractivity contribution in [2.45, 2.75) is 25.7 Å². The Balaban J connectivity index is 1.06. The van der Waals surface area contributed by atoms with Crippen LogP contribution in [0.1, 0.15) is 83.0 Å². The predicted octanol–water partition coefficient (Wildman–Crippen LogP) is 5.78. The maximum absolute atomic E-state index is 13.5. The van der Waals surface area contributed by atoms with Gasteiger partial charge in [0.1, 0.15) is 34.8 Å². The molecule has 0 saturated heterocycles. The van der Waals surface area contributed by atoms with Crippen LogP contribution in [-0.2, 0) is 9.59 Å². The van der Waals surface area contributed by atoms with Crippen molar-refractivity contribution >= 4 is 40.5 Å². The van der Waals surface area contributed by atoms with Crippen molar-refractivity contribution in [3.8, 4) is 23.0 Å². The van der Waals surface area contributed by atoms with Crippen LogP contribution < -0.4 is 18.9 Å². The molecule has 0 amide bonds. The standard InChI is InChI=1S/C41H34O11/c1-49-25-9-13-27(14-10-25)51-19-3-5-33(42)35-38(45)29-17-7-23(21-31(29)40(35)47)37(44)24-8-18-30-32(22-24)41(48)36(39(30)46)34(43)6-4-20-52-28-15-11-26(50-2)12-16-28/h7-18,21-22,35-36H,3-6,19-20H2,1-2H3. The van der Waals surface area contributed by atoms with E-state index in [2.05, 4.69) is 0 Å². The van der Waals surface area contributed by atoms with Crippen LogP contribution in [0.2, 0.25) is 0 Å². The molecule has 0 radical (unpaired) electrons. The van der Waals surface area contributed by atoms with Gasteiger partial charge in [0.15, 0.2) is 40.5 Å². The molecule has 2 atom stereocenters. The lowest BCUT2D eigenvalue weighted by Crippen LogP contribution is -2.25. The van der Waals surface area contributed by atoms with Gasteiger partial charge in [-0.15, -0.1) is 0 Å². The van der Waals surface area contributed by atoms with Crippen LogP contribution >= 0.6 is 0 Å². The van der Waals surface area contributed by atoms with Gasteiger partial charge in [-0.05, 0) is 85.6 Å². The molecule has 264 valence electrons. The predicted molar refractivity (Wildman–Crippen MR) is 186 cm³/mol. The molecule has 6 rings (SSSR count). The van der Waals surface area contributed by atoms with Gasteiger partial charge in [-0.3, -0.25) is 33.6 Å². The largest absolute Gasteiger partial charge is 0.497 e. The summed E-state index contributed by atoms with van der Waals surface area (Å²) in [4.78, 5) is 92.2. The van der Waals surface area contributed by atoms with E-state index >= 15 is 0 Å². The quantitative estimate of drug-likeness (QED) is 0.0792. The van der Waals surface area contributed by atoms with Crippen LogP contribution in [0.3, 0.4) is 0 Å². The van der Waals surface area contributed by atoms with Gasteiger partial charge in [0, 0.05) is 46.2 Å². The van der Waals surface area contributed by atoms with Crippen LogP contribution in [0.25, 0.3) is 0 Å². The van der Waals surface area contributed by atoms with E-state index in [-0.39, 0.29) is 72.3 Å². The Kier molecular flexibility index (Phi) is 10.5. The number of methoxy groups -OCH3 is 2. The minimum absolute atomic E-state index is 0.0299. The number of hydrogen-bond acceptors (Lipinski definition) is 11. The first-order valence-electron chi connectivity index (χ1n) is 16.7. The number of benzene rings is 4. The second kappa shape index (κ2) is 15.3. The topological polar surface area (TPSA) is 156 Å². The van der Waals surface area contributed by atoms with E-state index in [9.17, 15) is 33.6 Å². The molecule has 0 spiro atoms. The second-order valence-electron chi connectivity index (χ2n) is 12.4. The molecule has 11 nitrogen and oxygen atoms in total. The van der Waals surface area contributed by atoms with E-state index < -0.39 is 52.3 Å². The number of ketones is 7. The highest BCUT2D eigenvalue weighted by Gasteiger charge is 2.44. The van der Waals surface area contributed by atoms with Crippen LogP contribution in [0.15, 0.2) is 84.9 Å². The Morgan fingerprint density at radius 3 is 1.19 bits per heavy atom. The number of carbonyl (C=O) groups excluding carboxylic acids is 7. The molecule has 4 aromatic rings. The normalized spacial score (nSPS) is 16.0. The first kappa shape index (κ1) is 35.6. The van der Waals surface area contributed by atoms with Crippen LogP contribution in [0.5, 0.6) is 23.0 Å². The molecular formula is C41H34O11. The van der Waals surface area contributed by atoms with Gasteiger partial charge < -0.3 is 18.9 Å². The van der Waals surface area contributed by atoms with E-state index in [0.29, 0.717) is 23.0 Å². The molecule has 2 aliphatic rings. The van der Waals surface area contributed by atoms with Crippen molar-refractivity contribution in [3.63, 3.8) is 0 Å². The summed E-state index contributed by atoms with van der Waals surface area (Å²) in [6.45, 7) is 0.395. The highest BCUT2D eigenvalue weighted by atomic mass is 16.5. The van der Waals surface area contributed by atoms with E-state index in [1.165, 1.54) is 36.4 Å². The molecule has 0 aliphatic heterocycles. The van der Waals surface area contributed by atoms with Crippen molar-refractivity contribution < 1.29 is 52.5 Å². The van der Waals surface area contributed by atoms with Gasteiger partial charge >= 0.3 is 0 Å². The van der Waals surface area contributed by atoms with Crippen LogP contribution in [0, 0.1) is 11.8 Å². The fourth-order valence-electron chi connectivity index (χ4n) is 6.33. The summed E-state index contributed by atoms with van der Waals surface area (Å²) >= 11 is 0. The molecule has 0 N–H and O–H groups in total. The number of Topliss-reactive ketones (excluding diaryl/α,β-unsaturated/α-hetero) is 6. The maximum Gasteiger partial charge on any atom is 0.193 e. The van der Waals surface area contributed by atoms with Crippen LogP contribution in [-0.4, -0.2) is 67.9 Å². The lowest BCUT2D eigenvalue weighted by atomic mass is 9.95. The molecule has 0 aromatic heterocycles. The zero-order valence-electron chi connectivity index (χ0n) is 28.5. The monoisotopic (exact) mass is 702 g/mol. The maximum atomic E-state index is 13.5. The molecule has 11 heteroatoms. The number of rotatable bonds is 16. The average Bonchev–Trinajstić information content (AvgIpc) is 3.57. The Hall–Kier alpha value is -6.23. The SMILES string of the molecule is COc1ccc(OCCCC(=O)C2C(=O)c3ccc(C(=O)c4ccc5c(c4)C(=O)C(C(=O)CCCOc4ccc(OC)cc4)C5=O)cc3C2=O)cc1. The van der Waals surface area contributed by atoms with Gasteiger partial charge in [0.2, 0.25) is 0 Å². The molecule has 0 heterocycles. The van der Waals surface area contributed by atoms with Gasteiger partial charge in [-0.2, -0.15) is 0 Å². The van der Waals surface area contributed by atoms with Crippen LogP contribution in [0.4, 0.5) is 0 Å². The molecule has 0 fully saturated rings. The molecule has 0 bridgehead atoms. The second-order valence-corrected chi connectivity index (χ2v) is 12.4. The van der Waals surface area contributed by atoms with Crippen molar-refractivity contribution in [2.75, 3.05) is 27.4 Å². The summed E-state index contributed by atoms with van der Waals surface area (Å²) < 4.78 is 21.5. The Labute approximate surface area is 298 Å². The fraction of sp³-hybridized carbons (Fsp3) is 0.244. The lowest BCUT2D eigenvalue weighted by Gasteiger charge is -2.08. The summed E-state index contributed by atoms with van der Waals surface area (Å²) in [6.07, 6.45) is 0.460. The molecule has 0 saturated carbocycles. The summed E-state index contributed by atoms with van der Waals surface area (Å²) in [6, 6.07) is 21.8. The van der Waals surface area contributed by atoms with E-state index in [0.717, 1.165) is 0 Å². The van der Waals surface area contributed by atoms with Gasteiger partial charge in [0.25, 0.3) is 0 Å². The highest BCUT2D eigenvalue weighted by Crippen LogP contribution is 2.33. The minimum Gasteiger partial charge on any atom is -0.497 e. The third-order valence-electron chi connectivity index (χ3n) is 9.11. The lowest BCUT2D eigenvalue weighted by molar-refractivity contribution is -0.121. The summed E-state index contributed by atoms with van der Waals surface area (Å²) in [5.41, 5.74) is 0.166. The summed E-state index contributed by atoms with van der Waals surface area (Å²) in [7, 11) is 3.11. The first-order chi connectivity index (χ1) is 25.1. The number of ether oxygens (including phenoxy) is 4. The number of fused-ring (bicyclic) bond motifs is 2. The average molecular weight is 703 g/mol. The van der Waals surface area contributed by atoms with E-state index in [1.54, 1.807) is 62.8 Å². The summed E-state index contributed by atoms with van der Waals surface area (Å²) in [5.74, 6) is -4.71. The van der Waals surface area contributed by atoms with E-state index in [1.807, 2.05) is 0 Å². The third-order valence-corrected chi connectivity index (χ3v) is 9.11. The van der Waals surface area contributed by atoms with Gasteiger partial charge in [-0.25, -0.2) is 0 Å². The smallest absolute Gasteiger partial charge is 0.193 e. The van der Waals surface area contributed by atoms with Crippen molar-refractivity contribution in [1.29, 1.82) is 0 Å². The third kappa shape index (κ3) is 7.16. The van der Waals surface area contributed by atoms with Crippen molar-refractivity contribution in [2.24, 2.45) is 11.8 Å². The Morgan fingerprint density at radius 2 is 0.827 bits per heavy atom. The molecule has 4 aromatic carbocycles. The zero-order chi connectivity index (χ0) is 36.9. The fourth-order valence-corrected chi connectivity index (χ4v) is 6.33. The van der Waals surface area contributed by atoms with Crippen molar-refractivity contribution in [3.05, 3.63) is 118 Å². The van der Waals surface area contributed by atoms with E-state index in [4.69, 9.17) is 18.9 Å². The summed E-state index contributed by atoms with van der Waals surface area (Å²) in [5, 5.41) is 0. The highest BCUT2D eigenvalue weighted by molar-refractivity contribution is 6.37. The molecule has 52 heavy (non-hydrogen) atoms. The molecule has 2 aliphatic carbocycles.